The Balaban J connectivity index is 1.54. The van der Waals surface area contributed by atoms with Crippen LogP contribution in [0, 0.1) is 0 Å². The van der Waals surface area contributed by atoms with Crippen LogP contribution >= 0.6 is 0 Å². The number of carbonyl (C=O) groups is 1. The fourth-order valence-electron chi connectivity index (χ4n) is 3.26. The number of hydrogen-bond acceptors (Lipinski definition) is 3. The van der Waals surface area contributed by atoms with Gasteiger partial charge in [-0.3, -0.25) is 4.79 Å². The van der Waals surface area contributed by atoms with E-state index in [0.29, 0.717) is 25.7 Å². The molecule has 4 nitrogen and oxygen atoms in total. The van der Waals surface area contributed by atoms with Crippen molar-refractivity contribution in [3.63, 3.8) is 0 Å². The van der Waals surface area contributed by atoms with Gasteiger partial charge in [0.15, 0.2) is 11.5 Å². The monoisotopic (exact) mass is 303 g/mol. The number of ether oxygens (including phenoxy) is 2. The number of nitrogens with one attached hydrogen (secondary N) is 1. The molecule has 1 aliphatic carbocycles. The van der Waals surface area contributed by atoms with Crippen LogP contribution in [0.1, 0.15) is 50.5 Å². The number of fused-ring (bicyclic) bond motifs is 1. The lowest BCUT2D eigenvalue weighted by Crippen LogP contribution is -2.36. The molecule has 22 heavy (non-hydrogen) atoms. The minimum atomic E-state index is 0.113. The van der Waals surface area contributed by atoms with E-state index in [-0.39, 0.29) is 5.91 Å². The van der Waals surface area contributed by atoms with Crippen molar-refractivity contribution in [2.75, 3.05) is 13.2 Å². The molecule has 3 rings (SSSR count). The third-order valence-corrected chi connectivity index (χ3v) is 4.44. The lowest BCUT2D eigenvalue weighted by molar-refractivity contribution is -0.121. The molecule has 1 fully saturated rings. The van der Waals surface area contributed by atoms with Crippen molar-refractivity contribution < 1.29 is 14.3 Å². The molecule has 1 N–H and O–H groups in total. The predicted octanol–water partition coefficient (Wildman–Crippen LogP) is 3.23. The van der Waals surface area contributed by atoms with Crippen LogP contribution < -0.4 is 14.8 Å². The van der Waals surface area contributed by atoms with Crippen LogP contribution in [0.3, 0.4) is 0 Å². The molecule has 2 aliphatic rings. The number of hydrogen-bond donors (Lipinski definition) is 1. The van der Waals surface area contributed by atoms with Gasteiger partial charge in [0.05, 0.1) is 6.42 Å². The highest BCUT2D eigenvalue weighted by atomic mass is 16.6. The molecule has 1 aromatic rings. The van der Waals surface area contributed by atoms with E-state index in [0.717, 1.165) is 29.9 Å². The van der Waals surface area contributed by atoms with E-state index in [4.69, 9.17) is 9.47 Å². The minimum absolute atomic E-state index is 0.113. The van der Waals surface area contributed by atoms with Gasteiger partial charge in [-0.2, -0.15) is 0 Å². The summed E-state index contributed by atoms with van der Waals surface area (Å²) < 4.78 is 11.1. The molecular formula is C18H25NO3. The van der Waals surface area contributed by atoms with Crippen LogP contribution in [0.5, 0.6) is 11.5 Å². The second kappa shape index (κ2) is 7.52. The molecule has 0 saturated heterocycles. The molecule has 1 heterocycles. The summed E-state index contributed by atoms with van der Waals surface area (Å²) in [5.41, 5.74) is 0.979. The molecule has 1 aromatic carbocycles. The minimum Gasteiger partial charge on any atom is -0.486 e. The van der Waals surface area contributed by atoms with Crippen LogP contribution in [0.15, 0.2) is 18.2 Å². The highest BCUT2D eigenvalue weighted by Gasteiger charge is 2.16. The number of rotatable bonds is 3. The Morgan fingerprint density at radius 3 is 2.45 bits per heavy atom. The molecule has 1 saturated carbocycles. The third-order valence-electron chi connectivity index (χ3n) is 4.44. The quantitative estimate of drug-likeness (QED) is 0.932. The maximum absolute atomic E-state index is 12.3. The van der Waals surface area contributed by atoms with Crippen molar-refractivity contribution in [1.29, 1.82) is 0 Å². The zero-order valence-electron chi connectivity index (χ0n) is 13.1. The molecular weight excluding hydrogens is 278 g/mol. The molecule has 4 heteroatoms. The van der Waals surface area contributed by atoms with Crippen LogP contribution in [-0.4, -0.2) is 25.2 Å². The Bertz CT molecular complexity index is 507. The number of carbonyl (C=O) groups excluding carboxylic acids is 1. The Morgan fingerprint density at radius 1 is 1.00 bits per heavy atom. The molecule has 1 aliphatic heterocycles. The first-order valence-electron chi connectivity index (χ1n) is 8.49. The third kappa shape index (κ3) is 4.15. The fourth-order valence-corrected chi connectivity index (χ4v) is 3.26. The van der Waals surface area contributed by atoms with Gasteiger partial charge < -0.3 is 14.8 Å². The number of amides is 1. The first kappa shape index (κ1) is 15.2. The van der Waals surface area contributed by atoms with Crippen molar-refractivity contribution in [2.45, 2.75) is 57.4 Å². The normalized spacial score (nSPS) is 19.1. The largest absolute Gasteiger partial charge is 0.486 e. The average molecular weight is 303 g/mol. The van der Waals surface area contributed by atoms with Crippen molar-refractivity contribution in [1.82, 2.24) is 5.32 Å². The van der Waals surface area contributed by atoms with E-state index in [1.807, 2.05) is 18.2 Å². The topological polar surface area (TPSA) is 47.6 Å². The Labute approximate surface area is 132 Å². The summed E-state index contributed by atoms with van der Waals surface area (Å²) in [4.78, 5) is 12.3. The van der Waals surface area contributed by atoms with E-state index >= 15 is 0 Å². The molecule has 120 valence electrons. The van der Waals surface area contributed by atoms with Gasteiger partial charge in [-0.1, -0.05) is 38.2 Å². The van der Waals surface area contributed by atoms with Gasteiger partial charge in [0.25, 0.3) is 0 Å². The van der Waals surface area contributed by atoms with Crippen molar-refractivity contribution in [3.8, 4) is 11.5 Å². The van der Waals surface area contributed by atoms with E-state index in [9.17, 15) is 4.79 Å². The first-order valence-corrected chi connectivity index (χ1v) is 8.49. The van der Waals surface area contributed by atoms with Gasteiger partial charge in [0.1, 0.15) is 13.2 Å². The maximum atomic E-state index is 12.3. The van der Waals surface area contributed by atoms with Gasteiger partial charge in [-0.15, -0.1) is 0 Å². The summed E-state index contributed by atoms with van der Waals surface area (Å²) in [6.07, 6.45) is 9.05. The smallest absolute Gasteiger partial charge is 0.224 e. The molecule has 0 unspecified atom stereocenters. The molecule has 1 amide bonds. The summed E-state index contributed by atoms with van der Waals surface area (Å²) in [6, 6.07) is 6.12. The predicted molar refractivity (Wildman–Crippen MR) is 85.4 cm³/mol. The van der Waals surface area contributed by atoms with Crippen molar-refractivity contribution >= 4 is 5.91 Å². The van der Waals surface area contributed by atoms with Crippen LogP contribution in [0.4, 0.5) is 0 Å². The van der Waals surface area contributed by atoms with E-state index in [1.165, 1.54) is 32.1 Å². The van der Waals surface area contributed by atoms with Crippen LogP contribution in [0.2, 0.25) is 0 Å². The molecule has 0 radical (unpaired) electrons. The summed E-state index contributed by atoms with van der Waals surface area (Å²) in [6.45, 7) is 1.17. The van der Waals surface area contributed by atoms with E-state index in [2.05, 4.69) is 5.32 Å². The van der Waals surface area contributed by atoms with Gasteiger partial charge in [0.2, 0.25) is 5.91 Å². The Kier molecular flexibility index (Phi) is 5.20. The SMILES string of the molecule is O=C(Cc1ccc2c(c1)OCCO2)NC1CCCCCCC1. The van der Waals surface area contributed by atoms with E-state index < -0.39 is 0 Å². The second-order valence-corrected chi connectivity index (χ2v) is 6.26. The summed E-state index contributed by atoms with van der Waals surface area (Å²) in [5, 5.41) is 3.20. The van der Waals surface area contributed by atoms with Gasteiger partial charge in [0, 0.05) is 6.04 Å². The standard InChI is InChI=1S/C18H25NO3/c20-18(19-15-6-4-2-1-3-5-7-15)13-14-8-9-16-17(12-14)22-11-10-21-16/h8-9,12,15H,1-7,10-11,13H2,(H,19,20). The lowest BCUT2D eigenvalue weighted by Gasteiger charge is -2.21. The van der Waals surface area contributed by atoms with E-state index in [1.54, 1.807) is 0 Å². The Hall–Kier alpha value is -1.71. The van der Waals surface area contributed by atoms with Crippen LogP contribution in [0.25, 0.3) is 0 Å². The van der Waals surface area contributed by atoms with Crippen LogP contribution in [-0.2, 0) is 11.2 Å². The summed E-state index contributed by atoms with van der Waals surface area (Å²) in [7, 11) is 0. The highest BCUT2D eigenvalue weighted by molar-refractivity contribution is 5.79. The van der Waals surface area contributed by atoms with Gasteiger partial charge in [-0.05, 0) is 30.5 Å². The highest BCUT2D eigenvalue weighted by Crippen LogP contribution is 2.30. The van der Waals surface area contributed by atoms with Crippen molar-refractivity contribution in [3.05, 3.63) is 23.8 Å². The fraction of sp³-hybridized carbons (Fsp3) is 0.611. The average Bonchev–Trinajstić information content (AvgIpc) is 2.50. The maximum Gasteiger partial charge on any atom is 0.224 e. The number of benzene rings is 1. The lowest BCUT2D eigenvalue weighted by atomic mass is 9.96. The van der Waals surface area contributed by atoms with Gasteiger partial charge >= 0.3 is 0 Å². The molecule has 0 aromatic heterocycles. The molecule has 0 atom stereocenters. The summed E-state index contributed by atoms with van der Waals surface area (Å²) in [5.74, 6) is 1.64. The molecule has 0 spiro atoms. The first-order chi connectivity index (χ1) is 10.8. The van der Waals surface area contributed by atoms with Gasteiger partial charge in [-0.25, -0.2) is 0 Å². The zero-order valence-corrected chi connectivity index (χ0v) is 13.1. The molecule has 0 bridgehead atoms. The Morgan fingerprint density at radius 2 is 1.68 bits per heavy atom. The zero-order chi connectivity index (χ0) is 15.2. The second-order valence-electron chi connectivity index (χ2n) is 6.26. The van der Waals surface area contributed by atoms with Crippen molar-refractivity contribution in [2.24, 2.45) is 0 Å². The summed E-state index contributed by atoms with van der Waals surface area (Å²) >= 11 is 0.